The van der Waals surface area contributed by atoms with E-state index < -0.39 is 6.10 Å². The molecule has 3 atom stereocenters. The third-order valence-corrected chi connectivity index (χ3v) is 13.7. The molecule has 0 fully saturated rings. The van der Waals surface area contributed by atoms with Crippen molar-refractivity contribution < 1.29 is 28.6 Å². The highest BCUT2D eigenvalue weighted by Gasteiger charge is 2.19. The molecule has 6 heteroatoms. The van der Waals surface area contributed by atoms with Crippen LogP contribution >= 0.6 is 0 Å². The summed E-state index contributed by atoms with van der Waals surface area (Å²) in [5, 5.41) is 0. The van der Waals surface area contributed by atoms with E-state index in [0.717, 1.165) is 69.6 Å². The molecule has 0 N–H and O–H groups in total. The van der Waals surface area contributed by atoms with Gasteiger partial charge in [-0.25, -0.2) is 0 Å². The average molecular weight is 892 g/mol. The van der Waals surface area contributed by atoms with E-state index in [1.54, 1.807) is 0 Å². The maximum absolute atomic E-state index is 12.8. The summed E-state index contributed by atoms with van der Waals surface area (Å²) >= 11 is 0. The van der Waals surface area contributed by atoms with Crippen LogP contribution in [0.15, 0.2) is 0 Å². The first-order valence-corrected chi connectivity index (χ1v) is 28.3. The number of ether oxygens (including phenoxy) is 3. The molecule has 0 rings (SSSR count). The van der Waals surface area contributed by atoms with Crippen LogP contribution in [0.5, 0.6) is 0 Å². The predicted molar refractivity (Wildman–Crippen MR) is 270 cm³/mol. The van der Waals surface area contributed by atoms with Crippen molar-refractivity contribution in [3.63, 3.8) is 0 Å². The van der Waals surface area contributed by atoms with Gasteiger partial charge in [-0.3, -0.25) is 14.4 Å². The lowest BCUT2D eigenvalue weighted by Crippen LogP contribution is -2.30. The first kappa shape index (κ1) is 61.4. The Hall–Kier alpha value is -1.59. The molecular weight excluding hydrogens is 781 g/mol. The number of carbonyl (C=O) groups is 3. The Morgan fingerprint density at radius 3 is 0.825 bits per heavy atom. The lowest BCUT2D eigenvalue weighted by molar-refractivity contribution is -0.167. The molecule has 0 aliphatic rings. The Kier molecular flexibility index (Phi) is 48.6. The summed E-state index contributed by atoms with van der Waals surface area (Å²) in [6, 6.07) is 0. The average Bonchev–Trinajstić information content (AvgIpc) is 3.28. The minimum absolute atomic E-state index is 0.0629. The Balaban J connectivity index is 4.31. The minimum Gasteiger partial charge on any atom is -0.462 e. The number of esters is 3. The molecule has 0 aromatic carbocycles. The highest BCUT2D eigenvalue weighted by atomic mass is 16.6. The molecule has 0 aromatic rings. The molecule has 6 nitrogen and oxygen atoms in total. The second-order valence-corrected chi connectivity index (χ2v) is 20.1. The summed E-state index contributed by atoms with van der Waals surface area (Å²) in [5.74, 6) is 0.923. The van der Waals surface area contributed by atoms with E-state index >= 15 is 0 Å². The zero-order valence-electron chi connectivity index (χ0n) is 43.2. The zero-order chi connectivity index (χ0) is 46.1. The molecule has 374 valence electrons. The molecule has 0 radical (unpaired) electrons. The SMILES string of the molecule is CCCCCCCCCCCCCCCC(=O)OC[C@H](COC(=O)CCCCCCCCCCCCC(C)CC)OC(=O)CCCCCCCCCCCCCCCCC(C)CC. The topological polar surface area (TPSA) is 78.9 Å². The Morgan fingerprint density at radius 2 is 0.556 bits per heavy atom. The number of rotatable bonds is 51. The summed E-state index contributed by atoms with van der Waals surface area (Å²) in [4.78, 5) is 38.1. The van der Waals surface area contributed by atoms with Crippen LogP contribution in [0.4, 0.5) is 0 Å². The molecule has 0 amide bonds. The van der Waals surface area contributed by atoms with E-state index in [9.17, 15) is 14.4 Å². The summed E-state index contributed by atoms with van der Waals surface area (Å²) in [6.07, 6.45) is 52.2. The maximum atomic E-state index is 12.8. The summed E-state index contributed by atoms with van der Waals surface area (Å²) < 4.78 is 16.9. The van der Waals surface area contributed by atoms with Crippen LogP contribution in [0.25, 0.3) is 0 Å². The van der Waals surface area contributed by atoms with Crippen molar-refractivity contribution >= 4 is 17.9 Å². The molecule has 0 saturated carbocycles. The van der Waals surface area contributed by atoms with E-state index in [0.29, 0.717) is 19.3 Å². The fourth-order valence-corrected chi connectivity index (χ4v) is 8.63. The number of carbonyl (C=O) groups excluding carboxylic acids is 3. The van der Waals surface area contributed by atoms with Gasteiger partial charge in [-0.15, -0.1) is 0 Å². The quantitative estimate of drug-likeness (QED) is 0.0344. The first-order chi connectivity index (χ1) is 30.8. The van der Waals surface area contributed by atoms with Gasteiger partial charge in [0.15, 0.2) is 6.10 Å². The monoisotopic (exact) mass is 891 g/mol. The van der Waals surface area contributed by atoms with Gasteiger partial charge in [-0.1, -0.05) is 279 Å². The van der Waals surface area contributed by atoms with Gasteiger partial charge in [0, 0.05) is 19.3 Å². The van der Waals surface area contributed by atoms with E-state index in [1.165, 1.54) is 205 Å². The second kappa shape index (κ2) is 49.8. The molecule has 0 aromatic heterocycles. The lowest BCUT2D eigenvalue weighted by atomic mass is 9.99. The number of hydrogen-bond acceptors (Lipinski definition) is 6. The molecular formula is C57H110O6. The van der Waals surface area contributed by atoms with Crippen molar-refractivity contribution in [1.82, 2.24) is 0 Å². The number of hydrogen-bond donors (Lipinski definition) is 0. The largest absolute Gasteiger partial charge is 0.462 e. The van der Waals surface area contributed by atoms with Crippen LogP contribution in [0.2, 0.25) is 0 Å². The van der Waals surface area contributed by atoms with Gasteiger partial charge in [0.05, 0.1) is 0 Å². The Morgan fingerprint density at radius 1 is 0.317 bits per heavy atom. The molecule has 0 aliphatic heterocycles. The fraction of sp³-hybridized carbons (Fsp3) is 0.947. The van der Waals surface area contributed by atoms with Gasteiger partial charge in [-0.05, 0) is 31.1 Å². The minimum atomic E-state index is -0.762. The van der Waals surface area contributed by atoms with E-state index in [1.807, 2.05) is 0 Å². The van der Waals surface area contributed by atoms with E-state index in [4.69, 9.17) is 14.2 Å². The molecule has 2 unspecified atom stereocenters. The van der Waals surface area contributed by atoms with E-state index in [-0.39, 0.29) is 31.1 Å². The van der Waals surface area contributed by atoms with Crippen molar-refractivity contribution in [1.29, 1.82) is 0 Å². The molecule has 0 saturated heterocycles. The van der Waals surface area contributed by atoms with Crippen LogP contribution in [-0.4, -0.2) is 37.2 Å². The molecule has 0 bridgehead atoms. The zero-order valence-corrected chi connectivity index (χ0v) is 43.2. The second-order valence-electron chi connectivity index (χ2n) is 20.1. The highest BCUT2D eigenvalue weighted by Crippen LogP contribution is 2.19. The molecule has 0 heterocycles. The highest BCUT2D eigenvalue weighted by molar-refractivity contribution is 5.71. The van der Waals surface area contributed by atoms with Gasteiger partial charge in [0.25, 0.3) is 0 Å². The summed E-state index contributed by atoms with van der Waals surface area (Å²) in [6.45, 7) is 11.5. The standard InChI is InChI=1S/C57H110O6/c1-6-9-10-11-12-13-14-17-21-27-32-37-42-47-55(58)61-50-54(51-62-56(59)48-43-38-33-28-24-23-26-31-36-41-46-53(5)8-3)63-57(60)49-44-39-34-29-22-19-16-15-18-20-25-30-35-40-45-52(4)7-2/h52-54H,6-51H2,1-5H3/t52?,53?,54-/m1/s1. The third kappa shape index (κ3) is 48.2. The molecule has 0 aliphatic carbocycles. The summed E-state index contributed by atoms with van der Waals surface area (Å²) in [5.41, 5.74) is 0. The van der Waals surface area contributed by atoms with Crippen molar-refractivity contribution in [2.24, 2.45) is 11.8 Å². The van der Waals surface area contributed by atoms with Crippen LogP contribution in [0.3, 0.4) is 0 Å². The van der Waals surface area contributed by atoms with Crippen molar-refractivity contribution in [3.8, 4) is 0 Å². The first-order valence-electron chi connectivity index (χ1n) is 28.3. The predicted octanol–water partition coefficient (Wildman–Crippen LogP) is 18.5. The lowest BCUT2D eigenvalue weighted by Gasteiger charge is -2.18. The van der Waals surface area contributed by atoms with Crippen LogP contribution in [0.1, 0.15) is 317 Å². The van der Waals surface area contributed by atoms with Gasteiger partial charge < -0.3 is 14.2 Å². The third-order valence-electron chi connectivity index (χ3n) is 13.7. The van der Waals surface area contributed by atoms with Gasteiger partial charge >= 0.3 is 17.9 Å². The van der Waals surface area contributed by atoms with Crippen molar-refractivity contribution in [2.45, 2.75) is 323 Å². The molecule has 63 heavy (non-hydrogen) atoms. The van der Waals surface area contributed by atoms with E-state index in [2.05, 4.69) is 34.6 Å². The van der Waals surface area contributed by atoms with Crippen molar-refractivity contribution in [2.75, 3.05) is 13.2 Å². The Labute approximate surface area is 393 Å². The summed E-state index contributed by atoms with van der Waals surface area (Å²) in [7, 11) is 0. The number of unbranched alkanes of at least 4 members (excludes halogenated alkanes) is 34. The van der Waals surface area contributed by atoms with Gasteiger partial charge in [-0.2, -0.15) is 0 Å². The van der Waals surface area contributed by atoms with Crippen molar-refractivity contribution in [3.05, 3.63) is 0 Å². The van der Waals surface area contributed by atoms with Crippen LogP contribution < -0.4 is 0 Å². The van der Waals surface area contributed by atoms with Crippen LogP contribution in [0, 0.1) is 11.8 Å². The van der Waals surface area contributed by atoms with Crippen LogP contribution in [-0.2, 0) is 28.6 Å². The maximum Gasteiger partial charge on any atom is 0.306 e. The molecule has 0 spiro atoms. The smallest absolute Gasteiger partial charge is 0.306 e. The van der Waals surface area contributed by atoms with Gasteiger partial charge in [0.2, 0.25) is 0 Å². The fourth-order valence-electron chi connectivity index (χ4n) is 8.63. The normalized spacial score (nSPS) is 12.9. The Bertz CT molecular complexity index is 966. The van der Waals surface area contributed by atoms with Gasteiger partial charge in [0.1, 0.15) is 13.2 Å².